The van der Waals surface area contributed by atoms with Gasteiger partial charge < -0.3 is 9.64 Å². The Morgan fingerprint density at radius 1 is 1.50 bits per heavy atom. The number of morpholine rings is 1. The minimum Gasteiger partial charge on any atom is -0.368 e. The van der Waals surface area contributed by atoms with Crippen molar-refractivity contribution in [1.29, 1.82) is 0 Å². The maximum atomic E-state index is 13.7. The number of alkyl halides is 1. The maximum absolute atomic E-state index is 13.7. The van der Waals surface area contributed by atoms with E-state index in [1.54, 1.807) is 4.90 Å². The lowest BCUT2D eigenvalue weighted by molar-refractivity contribution is -0.116. The third-order valence-electron chi connectivity index (χ3n) is 3.10. The number of rotatable bonds is 2. The van der Waals surface area contributed by atoms with Crippen molar-refractivity contribution in [2.45, 2.75) is 25.6 Å². The second kappa shape index (κ2) is 5.77. The minimum absolute atomic E-state index is 0.113. The van der Waals surface area contributed by atoms with Crippen LogP contribution >= 0.6 is 15.9 Å². The normalized spacial score (nSPS) is 21.9. The Balaban J connectivity index is 2.23. The Morgan fingerprint density at radius 3 is 2.80 bits per heavy atom. The highest BCUT2D eigenvalue weighted by Crippen LogP contribution is 2.24. The van der Waals surface area contributed by atoms with Gasteiger partial charge in [0.05, 0.1) is 17.3 Å². The van der Waals surface area contributed by atoms with Crippen LogP contribution in [0.2, 0.25) is 0 Å². The van der Waals surface area contributed by atoms with Crippen LogP contribution < -0.4 is 0 Å². The quantitative estimate of drug-likeness (QED) is 0.769. The second-order valence-corrected chi connectivity index (χ2v) is 6.11. The van der Waals surface area contributed by atoms with Crippen molar-refractivity contribution in [3.8, 4) is 0 Å². The summed E-state index contributed by atoms with van der Waals surface area (Å²) in [4.78, 5) is 13.9. The van der Waals surface area contributed by atoms with Crippen LogP contribution in [0, 0.1) is 11.6 Å². The zero-order chi connectivity index (χ0) is 14.9. The maximum Gasteiger partial charge on any atom is 0.257 e. The Kier molecular flexibility index (Phi) is 4.44. The van der Waals surface area contributed by atoms with Crippen molar-refractivity contribution in [2.75, 3.05) is 18.4 Å². The number of carbonyl (C=O) groups excluding carboxylic acids is 1. The standard InChI is InChI=1S/C14H16BrF2NO2/c1-14(2)8-18(7-10(6-15)20-14)13(19)11-4-3-9(16)5-12(11)17/h3-5,10H,6-8H2,1-2H3. The monoisotopic (exact) mass is 347 g/mol. The summed E-state index contributed by atoms with van der Waals surface area (Å²) in [5, 5.41) is 0.589. The number of hydrogen-bond acceptors (Lipinski definition) is 2. The van der Waals surface area contributed by atoms with Crippen LogP contribution in [0.5, 0.6) is 0 Å². The van der Waals surface area contributed by atoms with Crippen molar-refractivity contribution in [3.05, 3.63) is 35.4 Å². The zero-order valence-corrected chi connectivity index (χ0v) is 12.9. The van der Waals surface area contributed by atoms with Gasteiger partial charge in [-0.25, -0.2) is 8.78 Å². The van der Waals surface area contributed by atoms with E-state index in [4.69, 9.17) is 4.74 Å². The highest BCUT2D eigenvalue weighted by atomic mass is 79.9. The SMILES string of the molecule is CC1(C)CN(C(=O)c2ccc(F)cc2F)CC(CBr)O1. The fourth-order valence-electron chi connectivity index (χ4n) is 2.36. The molecule has 3 nitrogen and oxygen atoms in total. The van der Waals surface area contributed by atoms with Crippen LogP contribution in [0.3, 0.4) is 0 Å². The van der Waals surface area contributed by atoms with Gasteiger partial charge in [0.2, 0.25) is 0 Å². The molecule has 20 heavy (non-hydrogen) atoms. The Bertz CT molecular complexity index is 522. The summed E-state index contributed by atoms with van der Waals surface area (Å²) < 4.78 is 32.4. The highest BCUT2D eigenvalue weighted by molar-refractivity contribution is 9.09. The lowest BCUT2D eigenvalue weighted by Crippen LogP contribution is -2.55. The van der Waals surface area contributed by atoms with E-state index in [2.05, 4.69) is 15.9 Å². The first kappa shape index (κ1) is 15.4. The number of nitrogens with zero attached hydrogens (tertiary/aromatic N) is 1. The number of carbonyl (C=O) groups is 1. The van der Waals surface area contributed by atoms with Crippen molar-refractivity contribution >= 4 is 21.8 Å². The molecule has 1 saturated heterocycles. The highest BCUT2D eigenvalue weighted by Gasteiger charge is 2.36. The molecule has 1 fully saturated rings. The third-order valence-corrected chi connectivity index (χ3v) is 3.82. The van der Waals surface area contributed by atoms with Crippen molar-refractivity contribution in [3.63, 3.8) is 0 Å². The molecule has 0 aliphatic carbocycles. The lowest BCUT2D eigenvalue weighted by atomic mass is 10.0. The summed E-state index contributed by atoms with van der Waals surface area (Å²) in [6.45, 7) is 4.50. The average molecular weight is 348 g/mol. The third kappa shape index (κ3) is 3.35. The fourth-order valence-corrected chi connectivity index (χ4v) is 2.70. The van der Waals surface area contributed by atoms with E-state index in [1.807, 2.05) is 13.8 Å². The van der Waals surface area contributed by atoms with Gasteiger partial charge in [-0.3, -0.25) is 4.79 Å². The van der Waals surface area contributed by atoms with Gasteiger partial charge in [-0.1, -0.05) is 15.9 Å². The molecule has 110 valence electrons. The molecule has 1 heterocycles. The van der Waals surface area contributed by atoms with Gasteiger partial charge in [0.25, 0.3) is 5.91 Å². The molecule has 1 aliphatic rings. The van der Waals surface area contributed by atoms with Crippen molar-refractivity contribution < 1.29 is 18.3 Å². The number of ether oxygens (including phenoxy) is 1. The smallest absolute Gasteiger partial charge is 0.257 e. The summed E-state index contributed by atoms with van der Waals surface area (Å²) >= 11 is 3.33. The fraction of sp³-hybridized carbons (Fsp3) is 0.500. The molecule has 0 spiro atoms. The van der Waals surface area contributed by atoms with Gasteiger partial charge in [-0.05, 0) is 26.0 Å². The molecule has 0 N–H and O–H groups in total. The van der Waals surface area contributed by atoms with Gasteiger partial charge >= 0.3 is 0 Å². The molecule has 0 aromatic heterocycles. The van der Waals surface area contributed by atoms with E-state index >= 15 is 0 Å². The first-order valence-corrected chi connectivity index (χ1v) is 7.42. The Hall–Kier alpha value is -1.01. The molecule has 0 saturated carbocycles. The molecule has 1 aromatic rings. The molecule has 1 aromatic carbocycles. The van der Waals surface area contributed by atoms with Crippen LogP contribution in [0.15, 0.2) is 18.2 Å². The number of benzene rings is 1. The van der Waals surface area contributed by atoms with Crippen molar-refractivity contribution in [1.82, 2.24) is 4.90 Å². The summed E-state index contributed by atoms with van der Waals surface area (Å²) in [6, 6.07) is 2.99. The van der Waals surface area contributed by atoms with Crippen LogP contribution in [0.25, 0.3) is 0 Å². The van der Waals surface area contributed by atoms with Gasteiger partial charge in [-0.15, -0.1) is 0 Å². The lowest BCUT2D eigenvalue weighted by Gasteiger charge is -2.42. The zero-order valence-electron chi connectivity index (χ0n) is 11.3. The largest absolute Gasteiger partial charge is 0.368 e. The second-order valence-electron chi connectivity index (χ2n) is 5.46. The molecule has 1 unspecified atom stereocenters. The van der Waals surface area contributed by atoms with Gasteiger partial charge in [0.1, 0.15) is 11.6 Å². The summed E-state index contributed by atoms with van der Waals surface area (Å²) in [5.74, 6) is -1.97. The number of hydrogen-bond donors (Lipinski definition) is 0. The molecule has 0 bridgehead atoms. The number of halogens is 3. The van der Waals surface area contributed by atoms with E-state index in [0.29, 0.717) is 18.4 Å². The topological polar surface area (TPSA) is 29.5 Å². The molecular weight excluding hydrogens is 332 g/mol. The summed E-state index contributed by atoms with van der Waals surface area (Å²) in [7, 11) is 0. The van der Waals surface area contributed by atoms with Crippen LogP contribution in [-0.2, 0) is 4.74 Å². The van der Waals surface area contributed by atoms with Gasteiger partial charge in [0.15, 0.2) is 0 Å². The summed E-state index contributed by atoms with van der Waals surface area (Å²) in [6.07, 6.45) is -0.147. The predicted octanol–water partition coefficient (Wildman–Crippen LogP) is 2.98. The van der Waals surface area contributed by atoms with E-state index in [9.17, 15) is 13.6 Å². The van der Waals surface area contributed by atoms with E-state index in [1.165, 1.54) is 6.07 Å². The van der Waals surface area contributed by atoms with Gasteiger partial charge in [0, 0.05) is 24.5 Å². The molecule has 2 rings (SSSR count). The molecule has 1 atom stereocenters. The van der Waals surface area contributed by atoms with E-state index in [0.717, 1.165) is 12.1 Å². The molecule has 0 radical (unpaired) electrons. The first-order chi connectivity index (χ1) is 9.32. The van der Waals surface area contributed by atoms with Crippen LogP contribution in [-0.4, -0.2) is 40.9 Å². The Labute approximate surface area is 125 Å². The molecule has 1 amide bonds. The van der Waals surface area contributed by atoms with Crippen LogP contribution in [0.1, 0.15) is 24.2 Å². The predicted molar refractivity (Wildman–Crippen MR) is 75.0 cm³/mol. The van der Waals surface area contributed by atoms with Gasteiger partial charge in [-0.2, -0.15) is 0 Å². The minimum atomic E-state index is -0.838. The average Bonchev–Trinajstić information content (AvgIpc) is 2.36. The first-order valence-electron chi connectivity index (χ1n) is 6.30. The van der Waals surface area contributed by atoms with E-state index < -0.39 is 23.1 Å². The van der Waals surface area contributed by atoms with E-state index in [-0.39, 0.29) is 11.7 Å². The van der Waals surface area contributed by atoms with Crippen molar-refractivity contribution in [2.24, 2.45) is 0 Å². The molecule has 6 heteroatoms. The number of amides is 1. The molecule has 1 aliphatic heterocycles. The Morgan fingerprint density at radius 2 is 2.20 bits per heavy atom. The summed E-state index contributed by atoms with van der Waals surface area (Å²) in [5.41, 5.74) is -0.611. The van der Waals surface area contributed by atoms with Crippen LogP contribution in [0.4, 0.5) is 8.78 Å². The molecular formula is C14H16BrF2NO2.